The van der Waals surface area contributed by atoms with Crippen molar-refractivity contribution >= 4 is 35.8 Å². The highest BCUT2D eigenvalue weighted by atomic mass is 16.6. The molecule has 0 unspecified atom stereocenters. The molecule has 0 bridgehead atoms. The van der Waals surface area contributed by atoms with Gasteiger partial charge in [0.2, 0.25) is 0 Å². The van der Waals surface area contributed by atoms with Crippen LogP contribution in [0.4, 0.5) is 0 Å². The van der Waals surface area contributed by atoms with Gasteiger partial charge in [0, 0.05) is 29.4 Å². The molecule has 0 spiro atoms. The van der Waals surface area contributed by atoms with E-state index in [4.69, 9.17) is 10.2 Å². The number of carboxylic acid groups (broad SMARTS) is 2. The summed E-state index contributed by atoms with van der Waals surface area (Å²) < 4.78 is 8.57. The van der Waals surface area contributed by atoms with E-state index >= 15 is 0 Å². The second kappa shape index (κ2) is 10.3. The standard InChI is InChI=1S/C15H14O10/c1-8(6-10(16)17)14(22)24-12(20)4-3-5-13(21)25-15(23)9(2)7-11(18)19/h3-4,6-7H,5H2,1-2H3,(H,16,17)(H,18,19)/b4-3+,8-6+,9-7+. The summed E-state index contributed by atoms with van der Waals surface area (Å²) in [7, 11) is 0. The molecule has 10 nitrogen and oxygen atoms in total. The van der Waals surface area contributed by atoms with E-state index < -0.39 is 42.2 Å². The summed E-state index contributed by atoms with van der Waals surface area (Å²) in [6.45, 7) is 2.26. The van der Waals surface area contributed by atoms with Gasteiger partial charge in [-0.25, -0.2) is 24.0 Å². The van der Waals surface area contributed by atoms with Gasteiger partial charge in [0.15, 0.2) is 0 Å². The van der Waals surface area contributed by atoms with E-state index in [9.17, 15) is 28.8 Å². The first-order valence-electron chi connectivity index (χ1n) is 6.53. The van der Waals surface area contributed by atoms with Crippen LogP contribution in [-0.2, 0) is 38.2 Å². The third-order valence-electron chi connectivity index (χ3n) is 2.26. The molecule has 0 rings (SSSR count). The molecule has 0 aliphatic heterocycles. The Morgan fingerprint density at radius 1 is 0.800 bits per heavy atom. The Bertz CT molecular complexity index is 693. The van der Waals surface area contributed by atoms with Gasteiger partial charge in [0.25, 0.3) is 0 Å². The Kier molecular flexibility index (Phi) is 8.80. The monoisotopic (exact) mass is 354 g/mol. The van der Waals surface area contributed by atoms with E-state index in [1.165, 1.54) is 0 Å². The fraction of sp³-hybridized carbons (Fsp3) is 0.200. The molecule has 0 radical (unpaired) electrons. The zero-order valence-electron chi connectivity index (χ0n) is 13.2. The predicted molar refractivity (Wildman–Crippen MR) is 78.7 cm³/mol. The minimum atomic E-state index is -1.39. The molecule has 0 aromatic rings. The topological polar surface area (TPSA) is 161 Å². The summed E-state index contributed by atoms with van der Waals surface area (Å²) in [5.74, 6) is -7.35. The minimum absolute atomic E-state index is 0.310. The van der Waals surface area contributed by atoms with Gasteiger partial charge in [-0.05, 0) is 13.8 Å². The molecule has 0 aromatic carbocycles. The van der Waals surface area contributed by atoms with Crippen LogP contribution in [0.25, 0.3) is 0 Å². The van der Waals surface area contributed by atoms with Gasteiger partial charge in [-0.2, -0.15) is 0 Å². The van der Waals surface area contributed by atoms with Crippen molar-refractivity contribution in [3.63, 3.8) is 0 Å². The molecule has 2 N–H and O–H groups in total. The lowest BCUT2D eigenvalue weighted by molar-refractivity contribution is -0.156. The van der Waals surface area contributed by atoms with Crippen molar-refractivity contribution in [3.05, 3.63) is 35.5 Å². The first kappa shape index (κ1) is 21.4. The Morgan fingerprint density at radius 3 is 1.68 bits per heavy atom. The summed E-state index contributed by atoms with van der Waals surface area (Å²) in [5.41, 5.74) is -0.629. The van der Waals surface area contributed by atoms with Crippen molar-refractivity contribution in [2.45, 2.75) is 20.3 Å². The smallest absolute Gasteiger partial charge is 0.341 e. The highest BCUT2D eigenvalue weighted by molar-refractivity contribution is 6.02. The van der Waals surface area contributed by atoms with Crippen molar-refractivity contribution in [2.75, 3.05) is 0 Å². The quantitative estimate of drug-likeness (QED) is 0.365. The maximum absolute atomic E-state index is 11.3. The third kappa shape index (κ3) is 9.94. The molecule has 0 heterocycles. The van der Waals surface area contributed by atoms with Gasteiger partial charge in [0.1, 0.15) is 0 Å². The van der Waals surface area contributed by atoms with Crippen molar-refractivity contribution in [3.8, 4) is 0 Å². The first-order chi connectivity index (χ1) is 11.5. The average Bonchev–Trinajstić information content (AvgIpc) is 2.45. The molecule has 0 fully saturated rings. The molecular weight excluding hydrogens is 340 g/mol. The molecule has 0 saturated carbocycles. The summed E-state index contributed by atoms with van der Waals surface area (Å²) >= 11 is 0. The molecule has 134 valence electrons. The molecule has 0 aliphatic rings. The van der Waals surface area contributed by atoms with Crippen LogP contribution in [0.5, 0.6) is 0 Å². The number of carbonyl (C=O) groups is 6. The van der Waals surface area contributed by atoms with E-state index in [2.05, 4.69) is 9.47 Å². The normalized spacial score (nSPS) is 11.8. The van der Waals surface area contributed by atoms with Crippen molar-refractivity contribution in [2.24, 2.45) is 0 Å². The molecule has 10 heteroatoms. The van der Waals surface area contributed by atoms with Crippen LogP contribution in [0.1, 0.15) is 20.3 Å². The highest BCUT2D eigenvalue weighted by Crippen LogP contribution is 2.01. The fourth-order valence-electron chi connectivity index (χ4n) is 1.17. The Morgan fingerprint density at radius 2 is 1.24 bits per heavy atom. The van der Waals surface area contributed by atoms with Crippen LogP contribution >= 0.6 is 0 Å². The molecule has 0 atom stereocenters. The largest absolute Gasteiger partial charge is 0.478 e. The van der Waals surface area contributed by atoms with Crippen molar-refractivity contribution in [1.29, 1.82) is 0 Å². The Balaban J connectivity index is 4.48. The van der Waals surface area contributed by atoms with Gasteiger partial charge in [-0.1, -0.05) is 6.08 Å². The molecule has 0 aliphatic carbocycles. The van der Waals surface area contributed by atoms with Gasteiger partial charge < -0.3 is 19.7 Å². The summed E-state index contributed by atoms with van der Waals surface area (Å²) in [6, 6.07) is 0. The Hall–Kier alpha value is -3.56. The lowest BCUT2D eigenvalue weighted by atomic mass is 10.3. The molecule has 0 aromatic heterocycles. The maximum Gasteiger partial charge on any atom is 0.341 e. The number of carboxylic acids is 2. The number of aliphatic carboxylic acids is 2. The number of carbonyl (C=O) groups excluding carboxylic acids is 4. The molecule has 0 saturated heterocycles. The minimum Gasteiger partial charge on any atom is -0.478 e. The fourth-order valence-corrected chi connectivity index (χ4v) is 1.17. The first-order valence-corrected chi connectivity index (χ1v) is 6.53. The lowest BCUT2D eigenvalue weighted by Gasteiger charge is -2.01. The molecule has 25 heavy (non-hydrogen) atoms. The van der Waals surface area contributed by atoms with Crippen LogP contribution in [0.3, 0.4) is 0 Å². The van der Waals surface area contributed by atoms with Crippen LogP contribution in [-0.4, -0.2) is 46.0 Å². The number of esters is 4. The zero-order chi connectivity index (χ0) is 19.6. The van der Waals surface area contributed by atoms with Crippen LogP contribution in [0.15, 0.2) is 35.5 Å². The van der Waals surface area contributed by atoms with Crippen LogP contribution in [0.2, 0.25) is 0 Å². The molecule has 0 amide bonds. The van der Waals surface area contributed by atoms with E-state index in [1.54, 1.807) is 0 Å². The second-order valence-electron chi connectivity index (χ2n) is 4.41. The van der Waals surface area contributed by atoms with Crippen molar-refractivity contribution in [1.82, 2.24) is 0 Å². The van der Waals surface area contributed by atoms with Crippen LogP contribution < -0.4 is 0 Å². The SMILES string of the molecule is C/C(=C\C(=O)O)C(=O)OC(=O)/C=C/CC(=O)OC(=O)/C(C)=C/C(=O)O. The average molecular weight is 354 g/mol. The second-order valence-corrected chi connectivity index (χ2v) is 4.41. The maximum atomic E-state index is 11.3. The van der Waals surface area contributed by atoms with Crippen LogP contribution in [0, 0.1) is 0 Å². The van der Waals surface area contributed by atoms with E-state index in [0.29, 0.717) is 18.2 Å². The van der Waals surface area contributed by atoms with Gasteiger partial charge >= 0.3 is 35.8 Å². The lowest BCUT2D eigenvalue weighted by Crippen LogP contribution is -2.14. The number of rotatable bonds is 7. The highest BCUT2D eigenvalue weighted by Gasteiger charge is 2.14. The Labute approximate surface area is 141 Å². The van der Waals surface area contributed by atoms with E-state index in [0.717, 1.165) is 19.9 Å². The van der Waals surface area contributed by atoms with Gasteiger partial charge in [-0.3, -0.25) is 4.79 Å². The summed E-state index contributed by atoms with van der Waals surface area (Å²) in [4.78, 5) is 65.9. The zero-order valence-corrected chi connectivity index (χ0v) is 13.2. The third-order valence-corrected chi connectivity index (χ3v) is 2.26. The summed E-state index contributed by atoms with van der Waals surface area (Å²) in [6.07, 6.45) is 2.23. The predicted octanol–water partition coefficient (Wildman–Crippen LogP) is 0.134. The van der Waals surface area contributed by atoms with Gasteiger partial charge in [-0.15, -0.1) is 0 Å². The number of hydrogen-bond acceptors (Lipinski definition) is 8. The van der Waals surface area contributed by atoms with Gasteiger partial charge in [0.05, 0.1) is 6.42 Å². The van der Waals surface area contributed by atoms with E-state index in [1.807, 2.05) is 0 Å². The molecular formula is C15H14O10. The number of hydrogen-bond donors (Lipinski definition) is 2. The number of ether oxygens (including phenoxy) is 2. The van der Waals surface area contributed by atoms with Crippen molar-refractivity contribution < 1.29 is 48.5 Å². The summed E-state index contributed by atoms with van der Waals surface area (Å²) in [5, 5.41) is 16.9. The van der Waals surface area contributed by atoms with E-state index in [-0.39, 0.29) is 11.1 Å².